The first-order valence-electron chi connectivity index (χ1n) is 13.8. The lowest BCUT2D eigenvalue weighted by atomic mass is 10.2. The van der Waals surface area contributed by atoms with E-state index in [0.29, 0.717) is 28.4 Å². The summed E-state index contributed by atoms with van der Waals surface area (Å²) in [4.78, 5) is 21.8. The van der Waals surface area contributed by atoms with Crippen LogP contribution in [0.25, 0.3) is 0 Å². The fraction of sp³-hybridized carbons (Fsp3) is 0.481. The summed E-state index contributed by atoms with van der Waals surface area (Å²) in [6.07, 6.45) is -7.33. The Morgan fingerprint density at radius 1 is 0.957 bits per heavy atom. The topological polar surface area (TPSA) is 132 Å². The summed E-state index contributed by atoms with van der Waals surface area (Å²) in [5, 5.41) is 6.47. The first kappa shape index (κ1) is 34.9. The average Bonchev–Trinajstić information content (AvgIpc) is 3.00. The minimum Gasteiger partial charge on any atom is -0.497 e. The summed E-state index contributed by atoms with van der Waals surface area (Å²) in [5.41, 5.74) is -3.76. The Bertz CT molecular complexity index is 1630. The number of hydrogen-bond donors (Lipinski definition) is 1. The number of ether oxygens (including phenoxy) is 2. The molecule has 0 bridgehead atoms. The number of benzene rings is 1. The number of piperazine rings is 1. The molecule has 1 saturated heterocycles. The molecule has 3 aromatic rings. The predicted molar refractivity (Wildman–Crippen MR) is 154 cm³/mol. The molecule has 4 rings (SSSR count). The third kappa shape index (κ3) is 8.85. The van der Waals surface area contributed by atoms with Crippen LogP contribution in [0.15, 0.2) is 47.7 Å². The van der Waals surface area contributed by atoms with Gasteiger partial charge in [-0.2, -0.15) is 35.7 Å². The fourth-order valence-corrected chi connectivity index (χ4v) is 5.85. The van der Waals surface area contributed by atoms with Crippen LogP contribution in [0.1, 0.15) is 23.6 Å². The molecule has 252 valence electrons. The highest BCUT2D eigenvalue weighted by Crippen LogP contribution is 2.32. The third-order valence-corrected chi connectivity index (χ3v) is 8.79. The standard InChI is InChI=1S/C27H31F6N7O5S/c1-18(37-22-15-36-40(24(41)23(22)27(31,32)33)16-19-3-5-21(44-2)6-4-19)17-45-11-12-46(42,43)39-9-7-38(8-10-39)25-34-13-20(14-35-25)26(28,29)30/h3-6,13-15,18,37H,7-12,16-17H2,1-2H3/t18-/m0/s1. The maximum atomic E-state index is 13.9. The van der Waals surface area contributed by atoms with Gasteiger partial charge in [0, 0.05) is 44.6 Å². The third-order valence-electron chi connectivity index (χ3n) is 6.95. The van der Waals surface area contributed by atoms with Gasteiger partial charge in [0.05, 0.1) is 50.1 Å². The first-order chi connectivity index (χ1) is 21.6. The number of halogens is 6. The molecular weight excluding hydrogens is 648 g/mol. The Morgan fingerprint density at radius 3 is 2.15 bits per heavy atom. The highest BCUT2D eigenvalue weighted by Gasteiger charge is 2.38. The molecule has 1 atom stereocenters. The van der Waals surface area contributed by atoms with Gasteiger partial charge in [-0.1, -0.05) is 12.1 Å². The lowest BCUT2D eigenvalue weighted by Crippen LogP contribution is -2.50. The number of rotatable bonds is 12. The van der Waals surface area contributed by atoms with Gasteiger partial charge in [0.25, 0.3) is 5.56 Å². The molecule has 1 aliphatic heterocycles. The molecule has 0 saturated carbocycles. The predicted octanol–water partition coefficient (Wildman–Crippen LogP) is 3.10. The van der Waals surface area contributed by atoms with Crippen molar-refractivity contribution in [1.29, 1.82) is 0 Å². The van der Waals surface area contributed by atoms with Crippen LogP contribution in [-0.4, -0.2) is 90.8 Å². The van der Waals surface area contributed by atoms with Gasteiger partial charge in [0.15, 0.2) is 0 Å². The summed E-state index contributed by atoms with van der Waals surface area (Å²) in [6, 6.07) is 5.66. The van der Waals surface area contributed by atoms with E-state index >= 15 is 0 Å². The molecule has 12 nitrogen and oxygen atoms in total. The Labute approximate surface area is 260 Å². The largest absolute Gasteiger partial charge is 0.497 e. The van der Waals surface area contributed by atoms with Gasteiger partial charge < -0.3 is 19.7 Å². The minimum absolute atomic E-state index is 0.0435. The number of anilines is 2. The molecular formula is C27H31F6N7O5S. The van der Waals surface area contributed by atoms with Gasteiger partial charge in [-0.25, -0.2) is 23.1 Å². The average molecular weight is 680 g/mol. The van der Waals surface area contributed by atoms with Crippen molar-refractivity contribution in [1.82, 2.24) is 24.1 Å². The van der Waals surface area contributed by atoms with E-state index < -0.39 is 56.5 Å². The number of aromatic nitrogens is 4. The molecule has 0 unspecified atom stereocenters. The second kappa shape index (κ2) is 14.2. The van der Waals surface area contributed by atoms with Gasteiger partial charge in [0.2, 0.25) is 16.0 Å². The van der Waals surface area contributed by atoms with Crippen molar-refractivity contribution in [2.24, 2.45) is 0 Å². The summed E-state index contributed by atoms with van der Waals surface area (Å²) in [5.74, 6) is 0.183. The minimum atomic E-state index is -4.98. The SMILES string of the molecule is COc1ccc(Cn2ncc(N[C@@H](C)COCCS(=O)(=O)N3CCN(c4ncc(C(F)(F)F)cn4)CC3)c(C(F)(F)F)c2=O)cc1. The molecule has 0 spiro atoms. The van der Waals surface area contributed by atoms with Gasteiger partial charge in [0.1, 0.15) is 11.3 Å². The van der Waals surface area contributed by atoms with Crippen molar-refractivity contribution < 1.29 is 44.2 Å². The fourth-order valence-electron chi connectivity index (χ4n) is 4.55. The Balaban J connectivity index is 1.28. The number of hydrogen-bond acceptors (Lipinski definition) is 10. The number of methoxy groups -OCH3 is 1. The highest BCUT2D eigenvalue weighted by molar-refractivity contribution is 7.89. The van der Waals surface area contributed by atoms with Crippen LogP contribution >= 0.6 is 0 Å². The number of nitrogens with zero attached hydrogens (tertiary/aromatic N) is 6. The molecule has 19 heteroatoms. The van der Waals surface area contributed by atoms with E-state index in [1.807, 2.05) is 0 Å². The zero-order valence-corrected chi connectivity index (χ0v) is 25.5. The van der Waals surface area contributed by atoms with Crippen LogP contribution in [0.2, 0.25) is 0 Å². The van der Waals surface area contributed by atoms with Gasteiger partial charge in [-0.05, 0) is 24.6 Å². The lowest BCUT2D eigenvalue weighted by Gasteiger charge is -2.34. The number of alkyl halides is 6. The number of nitrogens with one attached hydrogen (secondary N) is 1. The molecule has 1 fully saturated rings. The zero-order valence-electron chi connectivity index (χ0n) is 24.7. The zero-order chi connectivity index (χ0) is 33.7. The second-order valence-corrected chi connectivity index (χ2v) is 12.4. The van der Waals surface area contributed by atoms with Gasteiger partial charge >= 0.3 is 12.4 Å². The summed E-state index contributed by atoms with van der Waals surface area (Å²) >= 11 is 0. The van der Waals surface area contributed by atoms with E-state index in [1.54, 1.807) is 29.2 Å². The first-order valence-corrected chi connectivity index (χ1v) is 15.5. The monoisotopic (exact) mass is 679 g/mol. The van der Waals surface area contributed by atoms with Crippen molar-refractivity contribution in [3.63, 3.8) is 0 Å². The summed E-state index contributed by atoms with van der Waals surface area (Å²) in [6.45, 7) is 1.26. The van der Waals surface area contributed by atoms with Crippen LogP contribution in [0.4, 0.5) is 38.0 Å². The Morgan fingerprint density at radius 2 is 1.59 bits per heavy atom. The van der Waals surface area contributed by atoms with Gasteiger partial charge in [-0.15, -0.1) is 0 Å². The van der Waals surface area contributed by atoms with E-state index in [9.17, 15) is 39.6 Å². The van der Waals surface area contributed by atoms with Crippen molar-refractivity contribution in [3.05, 3.63) is 69.9 Å². The molecule has 0 radical (unpaired) electrons. The Hall–Kier alpha value is -3.97. The van der Waals surface area contributed by atoms with Crippen LogP contribution in [-0.2, 0) is 33.7 Å². The molecule has 46 heavy (non-hydrogen) atoms. The van der Waals surface area contributed by atoms with Crippen molar-refractivity contribution in [2.75, 3.05) is 62.5 Å². The van der Waals surface area contributed by atoms with Gasteiger partial charge in [-0.3, -0.25) is 4.79 Å². The maximum Gasteiger partial charge on any atom is 0.423 e. The van der Waals surface area contributed by atoms with Crippen molar-refractivity contribution in [2.45, 2.75) is 31.9 Å². The number of sulfonamides is 1. The smallest absolute Gasteiger partial charge is 0.423 e. The molecule has 0 amide bonds. The highest BCUT2D eigenvalue weighted by atomic mass is 32.2. The van der Waals surface area contributed by atoms with Crippen molar-refractivity contribution in [3.8, 4) is 5.75 Å². The summed E-state index contributed by atoms with van der Waals surface area (Å²) < 4.78 is 118. The molecule has 2 aromatic heterocycles. The lowest BCUT2D eigenvalue weighted by molar-refractivity contribution is -0.139. The van der Waals surface area contributed by atoms with Crippen LogP contribution in [0.5, 0.6) is 5.75 Å². The van der Waals surface area contributed by atoms with E-state index in [4.69, 9.17) is 9.47 Å². The van der Waals surface area contributed by atoms with Crippen LogP contribution in [0.3, 0.4) is 0 Å². The van der Waals surface area contributed by atoms with E-state index in [0.717, 1.165) is 6.20 Å². The van der Waals surface area contributed by atoms with E-state index in [-0.39, 0.29) is 51.9 Å². The Kier molecular flexibility index (Phi) is 10.8. The summed E-state index contributed by atoms with van der Waals surface area (Å²) in [7, 11) is -2.31. The molecule has 1 N–H and O–H groups in total. The van der Waals surface area contributed by atoms with Crippen LogP contribution < -0.4 is 20.5 Å². The quantitative estimate of drug-likeness (QED) is 0.225. The molecule has 0 aliphatic carbocycles. The van der Waals surface area contributed by atoms with Crippen molar-refractivity contribution >= 4 is 21.7 Å². The molecule has 1 aromatic carbocycles. The normalized spacial score (nSPS) is 15.5. The second-order valence-electron chi connectivity index (χ2n) is 10.3. The molecule has 1 aliphatic rings. The van der Waals surface area contributed by atoms with E-state index in [2.05, 4.69) is 20.4 Å². The maximum absolute atomic E-state index is 13.9. The molecule has 3 heterocycles. The van der Waals surface area contributed by atoms with E-state index in [1.165, 1.54) is 18.3 Å². The van der Waals surface area contributed by atoms with Crippen LogP contribution in [0, 0.1) is 0 Å².